The second kappa shape index (κ2) is 8.28. The molecule has 0 aliphatic rings. The van der Waals surface area contributed by atoms with Crippen LogP contribution in [0.15, 0.2) is 36.4 Å². The zero-order valence-electron chi connectivity index (χ0n) is 14.8. The number of imidazole rings is 1. The van der Waals surface area contributed by atoms with Crippen LogP contribution in [0.4, 0.5) is 4.39 Å². The fourth-order valence-electron chi connectivity index (χ4n) is 3.16. The van der Waals surface area contributed by atoms with Crippen molar-refractivity contribution in [2.24, 2.45) is 0 Å². The number of carbonyl (C=O) groups is 1. The van der Waals surface area contributed by atoms with Crippen LogP contribution < -0.4 is 0 Å². The first-order chi connectivity index (χ1) is 12.9. The lowest BCUT2D eigenvalue weighted by molar-refractivity contribution is -0.141. The van der Waals surface area contributed by atoms with E-state index in [4.69, 9.17) is 23.2 Å². The van der Waals surface area contributed by atoms with Crippen molar-refractivity contribution >= 4 is 40.2 Å². The molecule has 3 rings (SSSR count). The molecule has 0 fully saturated rings. The number of nitrogens with zero attached hydrogens (tertiary/aromatic N) is 2. The molecule has 4 nitrogen and oxygen atoms in total. The normalized spacial score (nSPS) is 12.4. The average molecular weight is 409 g/mol. The standard InChI is InChI=1S/C20H19Cl2FN2O2/c1-2-3-4-5-17(20(26)27)25-18-10-14(22)15(23)11-16(18)24-19(25)12-6-8-13(21)9-7-12/h6-11,17H,2-5H2,1H3,(H,26,27)/t17-/m0/s1. The van der Waals surface area contributed by atoms with Gasteiger partial charge in [-0.25, -0.2) is 14.2 Å². The van der Waals surface area contributed by atoms with Crippen LogP contribution in [-0.4, -0.2) is 20.6 Å². The molecule has 3 aromatic rings. The van der Waals surface area contributed by atoms with Gasteiger partial charge in [0.25, 0.3) is 0 Å². The third-order valence-electron chi connectivity index (χ3n) is 4.51. The van der Waals surface area contributed by atoms with Gasteiger partial charge < -0.3 is 9.67 Å². The van der Waals surface area contributed by atoms with E-state index in [1.165, 1.54) is 12.1 Å². The SMILES string of the molecule is CCCCC[C@@H](C(=O)O)n1c(-c2ccc(Cl)cc2)nc2cc(F)c(Cl)cc21. The Balaban J connectivity index is 2.22. The van der Waals surface area contributed by atoms with Crippen LogP contribution in [0.1, 0.15) is 38.6 Å². The number of halogens is 3. The molecule has 0 bridgehead atoms. The topological polar surface area (TPSA) is 55.1 Å². The smallest absolute Gasteiger partial charge is 0.326 e. The average Bonchev–Trinajstić information content (AvgIpc) is 2.97. The Kier molecular flexibility index (Phi) is 6.02. The number of aromatic nitrogens is 2. The second-order valence-electron chi connectivity index (χ2n) is 6.42. The minimum atomic E-state index is -0.957. The summed E-state index contributed by atoms with van der Waals surface area (Å²) in [7, 11) is 0. The highest BCUT2D eigenvalue weighted by molar-refractivity contribution is 6.31. The van der Waals surface area contributed by atoms with E-state index in [0.717, 1.165) is 19.3 Å². The van der Waals surface area contributed by atoms with E-state index in [1.807, 2.05) is 0 Å². The van der Waals surface area contributed by atoms with Gasteiger partial charge in [0.05, 0.1) is 16.1 Å². The van der Waals surface area contributed by atoms with Crippen LogP contribution in [0.25, 0.3) is 22.4 Å². The molecule has 27 heavy (non-hydrogen) atoms. The maximum absolute atomic E-state index is 13.9. The molecular weight excluding hydrogens is 390 g/mol. The second-order valence-corrected chi connectivity index (χ2v) is 7.26. The first-order valence-electron chi connectivity index (χ1n) is 8.78. The van der Waals surface area contributed by atoms with Gasteiger partial charge in [-0.05, 0) is 36.8 Å². The van der Waals surface area contributed by atoms with Crippen molar-refractivity contribution in [3.8, 4) is 11.4 Å². The number of aliphatic carboxylic acids is 1. The van der Waals surface area contributed by atoms with Crippen molar-refractivity contribution < 1.29 is 14.3 Å². The Bertz CT molecular complexity index is 970. The van der Waals surface area contributed by atoms with E-state index < -0.39 is 17.8 Å². The Morgan fingerprint density at radius 1 is 1.22 bits per heavy atom. The predicted molar refractivity (Wildman–Crippen MR) is 106 cm³/mol. The fourth-order valence-corrected chi connectivity index (χ4v) is 3.44. The maximum atomic E-state index is 13.9. The van der Waals surface area contributed by atoms with Gasteiger partial charge in [-0.2, -0.15) is 0 Å². The summed E-state index contributed by atoms with van der Waals surface area (Å²) in [5.74, 6) is -1.09. The van der Waals surface area contributed by atoms with Gasteiger partial charge in [0.15, 0.2) is 0 Å². The predicted octanol–water partition coefficient (Wildman–Crippen LogP) is 6.36. The van der Waals surface area contributed by atoms with Gasteiger partial charge in [-0.1, -0.05) is 49.4 Å². The number of fused-ring (bicyclic) bond motifs is 1. The van der Waals surface area contributed by atoms with Gasteiger partial charge in [0, 0.05) is 16.7 Å². The highest BCUT2D eigenvalue weighted by Crippen LogP contribution is 2.33. The zero-order valence-corrected chi connectivity index (χ0v) is 16.3. The molecule has 0 unspecified atom stereocenters. The highest BCUT2D eigenvalue weighted by atomic mass is 35.5. The fraction of sp³-hybridized carbons (Fsp3) is 0.300. The van der Waals surface area contributed by atoms with Crippen molar-refractivity contribution in [1.29, 1.82) is 0 Å². The van der Waals surface area contributed by atoms with Crippen molar-refractivity contribution in [1.82, 2.24) is 9.55 Å². The van der Waals surface area contributed by atoms with Crippen molar-refractivity contribution in [2.45, 2.75) is 38.6 Å². The number of benzene rings is 2. The molecule has 0 spiro atoms. The van der Waals surface area contributed by atoms with Gasteiger partial charge >= 0.3 is 5.97 Å². The molecular formula is C20H19Cl2FN2O2. The van der Waals surface area contributed by atoms with Gasteiger partial charge in [0.1, 0.15) is 17.7 Å². The minimum absolute atomic E-state index is 0.0657. The van der Waals surface area contributed by atoms with E-state index in [9.17, 15) is 14.3 Å². The van der Waals surface area contributed by atoms with Crippen LogP contribution in [0.5, 0.6) is 0 Å². The molecule has 142 valence electrons. The lowest BCUT2D eigenvalue weighted by atomic mass is 10.1. The quantitative estimate of drug-likeness (QED) is 0.463. The Morgan fingerprint density at radius 3 is 2.56 bits per heavy atom. The van der Waals surface area contributed by atoms with Gasteiger partial charge in [-0.3, -0.25) is 0 Å². The molecule has 2 aromatic carbocycles. The molecule has 0 saturated heterocycles. The molecule has 1 N–H and O–H groups in total. The number of rotatable bonds is 7. The van der Waals surface area contributed by atoms with E-state index >= 15 is 0 Å². The Labute approximate surface area is 166 Å². The number of carboxylic acid groups (broad SMARTS) is 1. The van der Waals surface area contributed by atoms with Crippen LogP contribution in [0.3, 0.4) is 0 Å². The monoisotopic (exact) mass is 408 g/mol. The van der Waals surface area contributed by atoms with E-state index in [0.29, 0.717) is 33.9 Å². The van der Waals surface area contributed by atoms with Crippen molar-refractivity contribution in [3.05, 3.63) is 52.3 Å². The number of carboxylic acids is 1. The van der Waals surface area contributed by atoms with Crippen LogP contribution >= 0.6 is 23.2 Å². The summed E-state index contributed by atoms with van der Waals surface area (Å²) in [6.07, 6.45) is 3.13. The van der Waals surface area contributed by atoms with Crippen molar-refractivity contribution in [2.75, 3.05) is 0 Å². The molecule has 0 aliphatic heterocycles. The highest BCUT2D eigenvalue weighted by Gasteiger charge is 2.26. The number of hydrogen-bond acceptors (Lipinski definition) is 2. The van der Waals surface area contributed by atoms with Crippen molar-refractivity contribution in [3.63, 3.8) is 0 Å². The first-order valence-corrected chi connectivity index (χ1v) is 9.53. The van der Waals surface area contributed by atoms with Crippen LogP contribution in [0.2, 0.25) is 10.0 Å². The lowest BCUT2D eigenvalue weighted by Gasteiger charge is -2.18. The summed E-state index contributed by atoms with van der Waals surface area (Å²) >= 11 is 11.9. The summed E-state index contributed by atoms with van der Waals surface area (Å²) in [5, 5.41) is 10.4. The number of unbranched alkanes of at least 4 members (excludes halogenated alkanes) is 2. The van der Waals surface area contributed by atoms with E-state index in [1.54, 1.807) is 28.8 Å². The van der Waals surface area contributed by atoms with E-state index in [2.05, 4.69) is 11.9 Å². The van der Waals surface area contributed by atoms with Crippen LogP contribution in [-0.2, 0) is 4.79 Å². The molecule has 0 saturated carbocycles. The first kappa shape index (κ1) is 19.6. The van der Waals surface area contributed by atoms with Gasteiger partial charge in [-0.15, -0.1) is 0 Å². The summed E-state index contributed by atoms with van der Waals surface area (Å²) in [6.45, 7) is 2.06. The minimum Gasteiger partial charge on any atom is -0.480 e. The maximum Gasteiger partial charge on any atom is 0.326 e. The molecule has 1 heterocycles. The third-order valence-corrected chi connectivity index (χ3v) is 5.05. The van der Waals surface area contributed by atoms with Crippen LogP contribution in [0, 0.1) is 5.82 Å². The molecule has 0 radical (unpaired) electrons. The zero-order chi connectivity index (χ0) is 19.6. The summed E-state index contributed by atoms with van der Waals surface area (Å²) < 4.78 is 15.6. The summed E-state index contributed by atoms with van der Waals surface area (Å²) in [4.78, 5) is 16.6. The molecule has 7 heteroatoms. The molecule has 0 aliphatic carbocycles. The van der Waals surface area contributed by atoms with E-state index in [-0.39, 0.29) is 5.02 Å². The molecule has 1 aromatic heterocycles. The third kappa shape index (κ3) is 4.09. The lowest BCUT2D eigenvalue weighted by Crippen LogP contribution is -2.20. The molecule has 1 atom stereocenters. The Hall–Kier alpha value is -2.11. The largest absolute Gasteiger partial charge is 0.480 e. The number of hydrogen-bond donors (Lipinski definition) is 1. The molecule has 0 amide bonds. The summed E-state index contributed by atoms with van der Waals surface area (Å²) in [6, 6.07) is 8.80. The van der Waals surface area contributed by atoms with Gasteiger partial charge in [0.2, 0.25) is 0 Å². The Morgan fingerprint density at radius 2 is 1.93 bits per heavy atom. The summed E-state index contributed by atoms with van der Waals surface area (Å²) in [5.41, 5.74) is 1.56.